The van der Waals surface area contributed by atoms with E-state index in [9.17, 15) is 44.8 Å². The monoisotopic (exact) mass is 564 g/mol. The van der Waals surface area contributed by atoms with E-state index in [4.69, 9.17) is 5.73 Å². The van der Waals surface area contributed by atoms with Crippen molar-refractivity contribution in [2.24, 2.45) is 17.6 Å². The van der Waals surface area contributed by atoms with Gasteiger partial charge in [-0.1, -0.05) is 6.07 Å². The van der Waals surface area contributed by atoms with E-state index >= 15 is 0 Å². The minimum absolute atomic E-state index is 0.0313. The van der Waals surface area contributed by atoms with Crippen molar-refractivity contribution in [2.75, 3.05) is 14.1 Å². The van der Waals surface area contributed by atoms with Crippen LogP contribution in [0.4, 0.5) is 0 Å². The normalized spacial score (nSPS) is 25.5. The van der Waals surface area contributed by atoms with Gasteiger partial charge in [-0.2, -0.15) is 4.73 Å². The summed E-state index contributed by atoms with van der Waals surface area (Å²) in [4.78, 5) is 53.3. The first-order valence-corrected chi connectivity index (χ1v) is 12.7. The van der Waals surface area contributed by atoms with E-state index < -0.39 is 69.7 Å². The zero-order chi connectivity index (χ0) is 30.0. The number of carbonyl (C=O) groups excluding carboxylic acids is 4. The summed E-state index contributed by atoms with van der Waals surface area (Å²) in [6.07, 6.45) is 2.40. The number of rotatable bonds is 5. The molecule has 41 heavy (non-hydrogen) atoms. The Bertz CT molecular complexity index is 1580. The molecule has 1 aromatic heterocycles. The van der Waals surface area contributed by atoms with Gasteiger partial charge in [0.05, 0.1) is 17.2 Å². The molecule has 13 heteroatoms. The number of hydrogen-bond donors (Lipinski definition) is 6. The number of nitrogens with one attached hydrogen (secondary N) is 1. The number of benzene rings is 1. The molecule has 214 valence electrons. The molecule has 0 unspecified atom stereocenters. The molecule has 5 rings (SSSR count). The maximum atomic E-state index is 13.8. The number of amides is 2. The zero-order valence-corrected chi connectivity index (χ0v) is 22.1. The summed E-state index contributed by atoms with van der Waals surface area (Å²) >= 11 is 0. The van der Waals surface area contributed by atoms with Crippen LogP contribution in [-0.4, -0.2) is 74.4 Å². The largest absolute Gasteiger partial charge is 0.619 e. The number of likely N-dealkylation sites (N-methyl/N-ethyl adjacent to an activating group) is 1. The van der Waals surface area contributed by atoms with Crippen LogP contribution in [0.15, 0.2) is 59.3 Å². The lowest BCUT2D eigenvalue weighted by molar-refractivity contribution is -0.605. The van der Waals surface area contributed by atoms with Gasteiger partial charge >= 0.3 is 0 Å². The highest BCUT2D eigenvalue weighted by atomic mass is 16.5. The molecule has 0 saturated heterocycles. The van der Waals surface area contributed by atoms with Gasteiger partial charge in [0.25, 0.3) is 11.8 Å². The lowest BCUT2D eigenvalue weighted by atomic mass is 9.58. The van der Waals surface area contributed by atoms with E-state index in [0.717, 1.165) is 0 Å². The lowest BCUT2D eigenvalue weighted by Crippen LogP contribution is -2.63. The second-order valence-corrected chi connectivity index (χ2v) is 10.7. The quantitative estimate of drug-likeness (QED) is 0.158. The molecule has 0 bridgehead atoms. The Balaban J connectivity index is 1.56. The predicted molar refractivity (Wildman–Crippen MR) is 140 cm³/mol. The van der Waals surface area contributed by atoms with Crippen molar-refractivity contribution in [3.63, 3.8) is 0 Å². The van der Waals surface area contributed by atoms with Gasteiger partial charge < -0.3 is 36.7 Å². The SMILES string of the molecule is CN(C)[C@@H]1C(O)=C(C(N)=O)C(=O)[C@@]2(O)C(O)=C3C(=O)c4c(O)ccc(CNC(=O)c5cc[n+]([O-])cc5)c4C[C@H]3C[C@@H]12. The summed E-state index contributed by atoms with van der Waals surface area (Å²) in [5.74, 6) is -7.76. The summed E-state index contributed by atoms with van der Waals surface area (Å²) in [6, 6.07) is 4.41. The number of hydrogen-bond acceptors (Lipinski definition) is 10. The molecule has 3 aliphatic carbocycles. The fourth-order valence-electron chi connectivity index (χ4n) is 6.32. The van der Waals surface area contributed by atoms with Gasteiger partial charge in [-0.25, -0.2) is 0 Å². The van der Waals surface area contributed by atoms with Crippen molar-refractivity contribution in [1.82, 2.24) is 10.2 Å². The van der Waals surface area contributed by atoms with E-state index in [-0.39, 0.29) is 36.1 Å². The molecule has 2 amide bonds. The average molecular weight is 565 g/mol. The molecule has 2 aromatic rings. The molecule has 1 heterocycles. The van der Waals surface area contributed by atoms with Gasteiger partial charge in [-0.05, 0) is 50.0 Å². The third-order valence-electron chi connectivity index (χ3n) is 8.21. The molecule has 0 radical (unpaired) electrons. The fraction of sp³-hybridized carbons (Fsp3) is 0.321. The topological polar surface area (TPSA) is 217 Å². The van der Waals surface area contributed by atoms with Crippen LogP contribution in [0.2, 0.25) is 0 Å². The van der Waals surface area contributed by atoms with Crippen LogP contribution in [-0.2, 0) is 22.6 Å². The van der Waals surface area contributed by atoms with Crippen LogP contribution in [0.1, 0.15) is 38.3 Å². The molecule has 3 aliphatic rings. The lowest BCUT2D eigenvalue weighted by Gasteiger charge is -2.50. The van der Waals surface area contributed by atoms with Gasteiger partial charge in [0.1, 0.15) is 22.8 Å². The van der Waals surface area contributed by atoms with Gasteiger partial charge in [0, 0.05) is 30.2 Å². The van der Waals surface area contributed by atoms with E-state index in [1.807, 2.05) is 0 Å². The number of phenolic OH excluding ortho intramolecular Hbond substituents is 1. The summed E-state index contributed by atoms with van der Waals surface area (Å²) in [5.41, 5.74) is 2.49. The van der Waals surface area contributed by atoms with Crippen molar-refractivity contribution in [3.05, 3.63) is 86.8 Å². The minimum atomic E-state index is -2.72. The molecule has 13 nitrogen and oxygen atoms in total. The number of allylic oxidation sites excluding steroid dienone is 1. The van der Waals surface area contributed by atoms with Gasteiger partial charge in [0.15, 0.2) is 23.8 Å². The van der Waals surface area contributed by atoms with E-state index in [1.165, 1.54) is 35.5 Å². The number of phenols is 1. The second-order valence-electron chi connectivity index (χ2n) is 10.7. The Kier molecular flexibility index (Phi) is 6.59. The standard InChI is InChI=1S/C28H28N4O9/c1-31(2)21-16-10-14-9-15-13(11-30-27(39)12-5-7-32(41)8-6-12)3-4-17(33)19(15)22(34)18(14)24(36)28(16,40)25(37)20(23(21)35)26(29)38/h3-8,14,16,21,33,35-36,40H,9-11H2,1-2H3,(H2,29,38)(H,30,39)/t14-,16-,21-,28-/m0/s1. The average Bonchev–Trinajstić information content (AvgIpc) is 2.90. The number of fused-ring (bicyclic) bond motifs is 3. The van der Waals surface area contributed by atoms with Gasteiger partial charge in [-0.3, -0.25) is 24.1 Å². The van der Waals surface area contributed by atoms with Crippen LogP contribution in [0, 0.1) is 17.0 Å². The minimum Gasteiger partial charge on any atom is -0.619 e. The highest BCUT2D eigenvalue weighted by molar-refractivity contribution is 6.24. The first-order valence-electron chi connectivity index (χ1n) is 12.7. The van der Waals surface area contributed by atoms with Crippen LogP contribution in [0.5, 0.6) is 5.75 Å². The Morgan fingerprint density at radius 3 is 2.41 bits per heavy atom. The van der Waals surface area contributed by atoms with E-state index in [0.29, 0.717) is 15.9 Å². The number of ketones is 2. The van der Waals surface area contributed by atoms with Crippen molar-refractivity contribution < 1.29 is 44.3 Å². The third-order valence-corrected chi connectivity index (χ3v) is 8.21. The number of aliphatic hydroxyl groups excluding tert-OH is 2. The Morgan fingerprint density at radius 1 is 1.15 bits per heavy atom. The Hall–Kier alpha value is -4.75. The smallest absolute Gasteiger partial charge is 0.255 e. The number of nitrogens with two attached hydrogens (primary N) is 1. The maximum Gasteiger partial charge on any atom is 0.255 e. The van der Waals surface area contributed by atoms with Crippen molar-refractivity contribution >= 4 is 23.4 Å². The molecule has 0 fully saturated rings. The number of pyridine rings is 1. The summed E-state index contributed by atoms with van der Waals surface area (Å²) in [7, 11) is 3.10. The van der Waals surface area contributed by atoms with Crippen molar-refractivity contribution in [2.45, 2.75) is 31.0 Å². The van der Waals surface area contributed by atoms with E-state index in [2.05, 4.69) is 5.32 Å². The van der Waals surface area contributed by atoms with E-state index in [1.54, 1.807) is 20.2 Å². The van der Waals surface area contributed by atoms with Gasteiger partial charge in [0.2, 0.25) is 5.78 Å². The molecule has 7 N–H and O–H groups in total. The Morgan fingerprint density at radius 2 is 1.80 bits per heavy atom. The van der Waals surface area contributed by atoms with Crippen LogP contribution < -0.4 is 15.8 Å². The van der Waals surface area contributed by atoms with Crippen LogP contribution >= 0.6 is 0 Å². The fourth-order valence-corrected chi connectivity index (χ4v) is 6.32. The number of aromatic nitrogens is 1. The van der Waals surface area contributed by atoms with Crippen molar-refractivity contribution in [3.8, 4) is 5.75 Å². The number of carbonyl (C=O) groups is 4. The first-order chi connectivity index (χ1) is 19.3. The molecule has 4 atom stereocenters. The van der Waals surface area contributed by atoms with Crippen LogP contribution in [0.3, 0.4) is 0 Å². The summed E-state index contributed by atoms with van der Waals surface area (Å²) in [5, 5.41) is 58.5. The third kappa shape index (κ3) is 4.12. The number of aliphatic hydroxyl groups is 3. The maximum absolute atomic E-state index is 13.8. The predicted octanol–water partition coefficient (Wildman–Crippen LogP) is -0.316. The van der Waals surface area contributed by atoms with Crippen molar-refractivity contribution in [1.29, 1.82) is 0 Å². The number of aromatic hydroxyl groups is 1. The van der Waals surface area contributed by atoms with Gasteiger partial charge in [-0.15, -0.1) is 0 Å². The summed E-state index contributed by atoms with van der Waals surface area (Å²) in [6.45, 7) is -0.0313. The molecule has 0 spiro atoms. The summed E-state index contributed by atoms with van der Waals surface area (Å²) < 4.78 is 0.537. The molecular formula is C28H28N4O9. The number of Topliss-reactive ketones (excluding diaryl/α,β-unsaturated/α-hetero) is 2. The second kappa shape index (κ2) is 9.71. The highest BCUT2D eigenvalue weighted by Crippen LogP contribution is 2.52. The molecule has 0 saturated carbocycles. The molecule has 1 aromatic carbocycles. The van der Waals surface area contributed by atoms with Crippen LogP contribution in [0.25, 0.3) is 0 Å². The highest BCUT2D eigenvalue weighted by Gasteiger charge is 2.63. The Labute approximate surface area is 233 Å². The molecular weight excluding hydrogens is 536 g/mol. The first kappa shape index (κ1) is 27.8. The number of primary amides is 1. The zero-order valence-electron chi connectivity index (χ0n) is 22.1. The molecule has 0 aliphatic heterocycles. The number of nitrogens with zero attached hydrogens (tertiary/aromatic N) is 2.